The zero-order chi connectivity index (χ0) is 19.3. The molecule has 0 aliphatic heterocycles. The van der Waals surface area contributed by atoms with Crippen LogP contribution in [0.2, 0.25) is 0 Å². The molecule has 0 heterocycles. The molecule has 0 aromatic carbocycles. The average Bonchev–Trinajstić information content (AvgIpc) is 2.43. The highest BCUT2D eigenvalue weighted by Crippen LogP contribution is 2.10. The van der Waals surface area contributed by atoms with E-state index in [0.29, 0.717) is 23.9 Å². The Morgan fingerprint density at radius 3 is 2.32 bits per heavy atom. The maximum absolute atomic E-state index is 11.9. The lowest BCUT2D eigenvalue weighted by Crippen LogP contribution is -2.45. The summed E-state index contributed by atoms with van der Waals surface area (Å²) < 4.78 is 5.70. The topological polar surface area (TPSA) is 86.7 Å². The van der Waals surface area contributed by atoms with Crippen molar-refractivity contribution in [1.29, 1.82) is 0 Å². The number of quaternary nitrogens is 1. The molecule has 0 saturated carbocycles. The lowest BCUT2D eigenvalue weighted by atomic mass is 10.1. The van der Waals surface area contributed by atoms with Gasteiger partial charge < -0.3 is 24.2 Å². The number of likely N-dealkylation sites (N-methyl/N-ethyl adjacent to an activating group) is 1. The van der Waals surface area contributed by atoms with Crippen LogP contribution < -0.4 is 5.11 Å². The molecule has 0 aliphatic carbocycles. The Bertz CT molecular complexity index is 415. The molecule has 0 saturated heterocycles. The van der Waals surface area contributed by atoms with Crippen molar-refractivity contribution in [3.8, 4) is 0 Å². The first kappa shape index (κ1) is 23.6. The van der Waals surface area contributed by atoms with E-state index in [2.05, 4.69) is 13.0 Å². The van der Waals surface area contributed by atoms with Crippen LogP contribution in [0.4, 0.5) is 0 Å². The molecular formula is C19H35NO5. The van der Waals surface area contributed by atoms with Crippen molar-refractivity contribution in [2.24, 2.45) is 0 Å². The van der Waals surface area contributed by atoms with Gasteiger partial charge in [0.1, 0.15) is 6.54 Å². The number of esters is 1. The van der Waals surface area contributed by atoms with E-state index in [1.165, 1.54) is 19.3 Å². The number of ether oxygens (including phenoxy) is 1. The fourth-order valence-corrected chi connectivity index (χ4v) is 2.51. The number of hydrogen-bond donors (Lipinski definition) is 1. The van der Waals surface area contributed by atoms with Gasteiger partial charge in [-0.15, -0.1) is 0 Å². The van der Waals surface area contributed by atoms with E-state index in [1.54, 1.807) is 0 Å². The molecule has 6 heteroatoms. The summed E-state index contributed by atoms with van der Waals surface area (Å²) in [6.07, 6.45) is 7.99. The number of aliphatic carboxylic acids is 1. The van der Waals surface area contributed by atoms with Gasteiger partial charge in [-0.1, -0.05) is 31.9 Å². The van der Waals surface area contributed by atoms with Crippen molar-refractivity contribution >= 4 is 11.9 Å². The minimum Gasteiger partial charge on any atom is -0.550 e. The van der Waals surface area contributed by atoms with Crippen LogP contribution in [-0.2, 0) is 14.3 Å². The molecule has 25 heavy (non-hydrogen) atoms. The van der Waals surface area contributed by atoms with E-state index < -0.39 is 24.1 Å². The third-order valence-corrected chi connectivity index (χ3v) is 3.65. The van der Waals surface area contributed by atoms with Gasteiger partial charge in [0.15, 0.2) is 6.10 Å². The van der Waals surface area contributed by atoms with Crippen molar-refractivity contribution in [2.45, 2.75) is 70.5 Å². The highest BCUT2D eigenvalue weighted by Gasteiger charge is 2.23. The largest absolute Gasteiger partial charge is 0.550 e. The minimum atomic E-state index is -1.25. The maximum atomic E-state index is 11.9. The molecule has 1 N–H and O–H groups in total. The van der Waals surface area contributed by atoms with Crippen molar-refractivity contribution in [1.82, 2.24) is 0 Å². The van der Waals surface area contributed by atoms with Crippen LogP contribution in [0, 0.1) is 0 Å². The normalized spacial score (nSPS) is 14.4. The van der Waals surface area contributed by atoms with Crippen LogP contribution in [0.1, 0.15) is 58.3 Å². The first-order valence-corrected chi connectivity index (χ1v) is 9.17. The maximum Gasteiger partial charge on any atom is 0.308 e. The van der Waals surface area contributed by atoms with E-state index in [1.807, 2.05) is 27.2 Å². The Morgan fingerprint density at radius 1 is 1.12 bits per heavy atom. The summed E-state index contributed by atoms with van der Waals surface area (Å²) in [5.41, 5.74) is 0. The van der Waals surface area contributed by atoms with Crippen LogP contribution in [0.3, 0.4) is 0 Å². The Labute approximate surface area is 152 Å². The van der Waals surface area contributed by atoms with Gasteiger partial charge in [-0.25, -0.2) is 0 Å². The van der Waals surface area contributed by atoms with E-state index >= 15 is 0 Å². The predicted molar refractivity (Wildman–Crippen MR) is 95.5 cm³/mol. The molecule has 0 spiro atoms. The summed E-state index contributed by atoms with van der Waals surface area (Å²) in [7, 11) is 5.66. The fourth-order valence-electron chi connectivity index (χ4n) is 2.51. The van der Waals surface area contributed by atoms with Crippen LogP contribution >= 0.6 is 0 Å². The second-order valence-corrected chi connectivity index (χ2v) is 7.56. The SMILES string of the molecule is CCCCC/C=C/CCC(O)CC(=O)OC(CC(=O)[O-])C[N+](C)(C)C. The van der Waals surface area contributed by atoms with Gasteiger partial charge in [0.05, 0.1) is 33.7 Å². The molecule has 0 bridgehead atoms. The zero-order valence-corrected chi connectivity index (χ0v) is 16.2. The summed E-state index contributed by atoms with van der Waals surface area (Å²) in [6, 6.07) is 0. The molecule has 0 rings (SSSR count). The van der Waals surface area contributed by atoms with Gasteiger partial charge in [0.2, 0.25) is 0 Å². The van der Waals surface area contributed by atoms with Crippen molar-refractivity contribution < 1.29 is 29.0 Å². The Kier molecular flexibility index (Phi) is 12.2. The lowest BCUT2D eigenvalue weighted by molar-refractivity contribution is -0.873. The van der Waals surface area contributed by atoms with Gasteiger partial charge in [-0.3, -0.25) is 4.79 Å². The summed E-state index contributed by atoms with van der Waals surface area (Å²) in [4.78, 5) is 22.7. The summed E-state index contributed by atoms with van der Waals surface area (Å²) >= 11 is 0. The molecule has 2 atom stereocenters. The Hall–Kier alpha value is -1.40. The molecule has 0 radical (unpaired) electrons. The molecule has 2 unspecified atom stereocenters. The molecule has 0 fully saturated rings. The number of nitrogens with zero attached hydrogens (tertiary/aromatic N) is 1. The third kappa shape index (κ3) is 15.8. The quantitative estimate of drug-likeness (QED) is 0.220. The van der Waals surface area contributed by atoms with E-state index in [0.717, 1.165) is 6.42 Å². The Morgan fingerprint density at radius 2 is 1.76 bits per heavy atom. The standard InChI is InChI=1S/C19H35NO5/c1-5-6-7-8-9-10-11-12-16(21)13-19(24)25-17(14-18(22)23)15-20(2,3)4/h9-10,16-17,21H,5-8,11-15H2,1-4H3/b10-9+. The van der Waals surface area contributed by atoms with E-state index in [-0.39, 0.29) is 12.8 Å². The number of carbonyl (C=O) groups excluding carboxylic acids is 2. The van der Waals surface area contributed by atoms with Gasteiger partial charge in [-0.05, 0) is 25.7 Å². The van der Waals surface area contributed by atoms with Gasteiger partial charge in [0.25, 0.3) is 0 Å². The Balaban J connectivity index is 4.16. The zero-order valence-electron chi connectivity index (χ0n) is 16.2. The van der Waals surface area contributed by atoms with Crippen molar-refractivity contribution in [2.75, 3.05) is 27.7 Å². The number of carbonyl (C=O) groups is 2. The smallest absolute Gasteiger partial charge is 0.308 e. The number of hydrogen-bond acceptors (Lipinski definition) is 5. The number of rotatable bonds is 14. The molecule has 0 amide bonds. The van der Waals surface area contributed by atoms with Gasteiger partial charge in [-0.2, -0.15) is 0 Å². The second-order valence-electron chi connectivity index (χ2n) is 7.56. The highest BCUT2D eigenvalue weighted by atomic mass is 16.5. The highest BCUT2D eigenvalue weighted by molar-refractivity contribution is 5.71. The van der Waals surface area contributed by atoms with Crippen molar-refractivity contribution in [3.63, 3.8) is 0 Å². The summed E-state index contributed by atoms with van der Waals surface area (Å²) in [5.74, 6) is -1.82. The van der Waals surface area contributed by atoms with Crippen LogP contribution in [-0.4, -0.2) is 61.4 Å². The van der Waals surface area contributed by atoms with Gasteiger partial charge in [0, 0.05) is 12.4 Å². The molecule has 6 nitrogen and oxygen atoms in total. The van der Waals surface area contributed by atoms with Crippen molar-refractivity contribution in [3.05, 3.63) is 12.2 Å². The third-order valence-electron chi connectivity index (χ3n) is 3.65. The monoisotopic (exact) mass is 357 g/mol. The predicted octanol–water partition coefficient (Wildman–Crippen LogP) is 1.41. The van der Waals surface area contributed by atoms with Crippen LogP contribution in [0.5, 0.6) is 0 Å². The van der Waals surface area contributed by atoms with Crippen LogP contribution in [0.15, 0.2) is 12.2 Å². The molecule has 146 valence electrons. The molecule has 0 aliphatic rings. The molecule has 0 aromatic rings. The summed E-state index contributed by atoms with van der Waals surface area (Å²) in [5, 5.41) is 20.7. The fraction of sp³-hybridized carbons (Fsp3) is 0.789. The minimum absolute atomic E-state index is 0.121. The number of allylic oxidation sites excluding steroid dienone is 2. The lowest BCUT2D eigenvalue weighted by Gasteiger charge is -2.29. The van der Waals surface area contributed by atoms with E-state index in [4.69, 9.17) is 4.74 Å². The second kappa shape index (κ2) is 12.9. The molecule has 0 aromatic heterocycles. The van der Waals surface area contributed by atoms with Crippen LogP contribution in [0.25, 0.3) is 0 Å². The van der Waals surface area contributed by atoms with Gasteiger partial charge >= 0.3 is 5.97 Å². The summed E-state index contributed by atoms with van der Waals surface area (Å²) in [6.45, 7) is 2.54. The number of carboxylic acids is 1. The molecular weight excluding hydrogens is 322 g/mol. The van der Waals surface area contributed by atoms with E-state index in [9.17, 15) is 19.8 Å². The number of carboxylic acid groups (broad SMARTS) is 1. The first-order chi connectivity index (χ1) is 11.6. The number of aliphatic hydroxyl groups is 1. The number of aliphatic hydroxyl groups excluding tert-OH is 1. The number of unbranched alkanes of at least 4 members (excludes halogenated alkanes) is 3. The average molecular weight is 357 g/mol. The first-order valence-electron chi connectivity index (χ1n) is 9.17.